The van der Waals surface area contributed by atoms with Crippen molar-refractivity contribution in [2.24, 2.45) is 5.73 Å². The minimum atomic E-state index is -0.0363. The Morgan fingerprint density at radius 1 is 1.10 bits per heavy atom. The van der Waals surface area contributed by atoms with E-state index in [9.17, 15) is 4.79 Å². The van der Waals surface area contributed by atoms with E-state index in [1.54, 1.807) is 0 Å². The van der Waals surface area contributed by atoms with Gasteiger partial charge >= 0.3 is 0 Å². The monoisotopic (exact) mass is 279 g/mol. The van der Waals surface area contributed by atoms with Crippen LogP contribution in [0.2, 0.25) is 0 Å². The molecule has 21 heavy (non-hydrogen) atoms. The lowest BCUT2D eigenvalue weighted by Crippen LogP contribution is -2.16. The van der Waals surface area contributed by atoms with Crippen molar-refractivity contribution in [1.29, 1.82) is 0 Å². The van der Waals surface area contributed by atoms with Gasteiger partial charge in [0.25, 0.3) is 0 Å². The fraction of sp³-hybridized carbons (Fsp3) is 0.118. The number of amides is 1. The van der Waals surface area contributed by atoms with Crippen molar-refractivity contribution in [2.45, 2.75) is 13.0 Å². The molecule has 1 aromatic heterocycles. The molecule has 0 aliphatic heterocycles. The third kappa shape index (κ3) is 2.95. The van der Waals surface area contributed by atoms with Crippen LogP contribution in [0.3, 0.4) is 0 Å². The van der Waals surface area contributed by atoms with Crippen LogP contribution in [0.25, 0.3) is 10.9 Å². The quantitative estimate of drug-likeness (QED) is 0.687. The molecule has 0 spiro atoms. The number of aromatic nitrogens is 1. The van der Waals surface area contributed by atoms with Gasteiger partial charge in [0.2, 0.25) is 5.91 Å². The Hall–Kier alpha value is -2.59. The molecule has 2 aromatic carbocycles. The molecular weight excluding hydrogens is 262 g/mol. The van der Waals surface area contributed by atoms with Crippen molar-refractivity contribution in [1.82, 2.24) is 4.98 Å². The number of anilines is 1. The Kier molecular flexibility index (Phi) is 3.71. The van der Waals surface area contributed by atoms with E-state index in [-0.39, 0.29) is 5.91 Å². The minimum Gasteiger partial charge on any atom is -0.361 e. The molecule has 0 saturated heterocycles. The summed E-state index contributed by atoms with van der Waals surface area (Å²) in [5.41, 5.74) is 9.53. The van der Waals surface area contributed by atoms with Crippen LogP contribution in [0.15, 0.2) is 54.7 Å². The number of carbonyl (C=O) groups is 1. The van der Waals surface area contributed by atoms with E-state index >= 15 is 0 Å². The predicted octanol–water partition coefficient (Wildman–Crippen LogP) is 2.81. The zero-order valence-electron chi connectivity index (χ0n) is 11.6. The lowest BCUT2D eigenvalue weighted by atomic mass is 10.0. The number of rotatable bonds is 4. The molecule has 0 radical (unpaired) electrons. The summed E-state index contributed by atoms with van der Waals surface area (Å²) in [6, 6.07) is 15.5. The number of H-pyrrole nitrogens is 1. The van der Waals surface area contributed by atoms with Crippen LogP contribution in [0.1, 0.15) is 11.1 Å². The Morgan fingerprint density at radius 2 is 1.90 bits per heavy atom. The van der Waals surface area contributed by atoms with Gasteiger partial charge in [0.15, 0.2) is 0 Å². The molecular formula is C17H17N3O. The molecule has 4 N–H and O–H groups in total. The van der Waals surface area contributed by atoms with Crippen molar-refractivity contribution in [3.05, 3.63) is 65.9 Å². The molecule has 3 rings (SSSR count). The summed E-state index contributed by atoms with van der Waals surface area (Å²) < 4.78 is 0. The molecule has 1 amide bonds. The molecule has 0 unspecified atom stereocenters. The summed E-state index contributed by atoms with van der Waals surface area (Å²) in [6.07, 6.45) is 2.21. The zero-order valence-corrected chi connectivity index (χ0v) is 11.6. The second-order valence-electron chi connectivity index (χ2n) is 4.98. The molecule has 0 fully saturated rings. The number of nitrogens with two attached hydrogens (primary N) is 1. The van der Waals surface area contributed by atoms with E-state index in [0.717, 1.165) is 27.7 Å². The Morgan fingerprint density at radius 3 is 2.71 bits per heavy atom. The molecule has 0 saturated carbocycles. The number of fused-ring (bicyclic) bond motifs is 1. The van der Waals surface area contributed by atoms with Gasteiger partial charge in [-0.2, -0.15) is 0 Å². The summed E-state index contributed by atoms with van der Waals surface area (Å²) in [5.74, 6) is -0.0363. The van der Waals surface area contributed by atoms with Crippen molar-refractivity contribution in [3.63, 3.8) is 0 Å². The first kappa shape index (κ1) is 13.4. The lowest BCUT2D eigenvalue weighted by molar-refractivity contribution is -0.115. The molecule has 4 heteroatoms. The first-order chi connectivity index (χ1) is 10.3. The third-order valence-electron chi connectivity index (χ3n) is 3.53. The van der Waals surface area contributed by atoms with Crippen LogP contribution >= 0.6 is 0 Å². The van der Waals surface area contributed by atoms with Gasteiger partial charge in [-0.3, -0.25) is 4.79 Å². The molecule has 0 atom stereocenters. The lowest BCUT2D eigenvalue weighted by Gasteiger charge is -2.08. The molecule has 0 aliphatic rings. The van der Waals surface area contributed by atoms with Gasteiger partial charge in [0, 0.05) is 29.3 Å². The average molecular weight is 279 g/mol. The SMILES string of the molecule is NCc1ccccc1CC(=O)Nc1ccc2[nH]ccc2c1. The minimum absolute atomic E-state index is 0.0363. The van der Waals surface area contributed by atoms with Crippen LogP contribution in [-0.4, -0.2) is 10.9 Å². The van der Waals surface area contributed by atoms with E-state index in [1.165, 1.54) is 0 Å². The maximum absolute atomic E-state index is 12.2. The Balaban J connectivity index is 1.73. The van der Waals surface area contributed by atoms with Gasteiger partial charge < -0.3 is 16.0 Å². The second kappa shape index (κ2) is 5.81. The van der Waals surface area contributed by atoms with Crippen LogP contribution in [0.4, 0.5) is 5.69 Å². The number of aromatic amines is 1. The topological polar surface area (TPSA) is 70.9 Å². The maximum atomic E-state index is 12.2. The van der Waals surface area contributed by atoms with Crippen molar-refractivity contribution >= 4 is 22.5 Å². The van der Waals surface area contributed by atoms with E-state index in [0.29, 0.717) is 13.0 Å². The van der Waals surface area contributed by atoms with Crippen LogP contribution in [0, 0.1) is 0 Å². The molecule has 4 nitrogen and oxygen atoms in total. The summed E-state index contributed by atoms with van der Waals surface area (Å²) in [4.78, 5) is 15.3. The van der Waals surface area contributed by atoms with Crippen LogP contribution in [0.5, 0.6) is 0 Å². The zero-order chi connectivity index (χ0) is 14.7. The van der Waals surface area contributed by atoms with Gasteiger partial charge in [-0.1, -0.05) is 24.3 Å². The molecule has 0 aliphatic carbocycles. The highest BCUT2D eigenvalue weighted by Gasteiger charge is 2.07. The molecule has 3 aromatic rings. The van der Waals surface area contributed by atoms with E-state index in [2.05, 4.69) is 10.3 Å². The highest BCUT2D eigenvalue weighted by Crippen LogP contribution is 2.18. The fourth-order valence-electron chi connectivity index (χ4n) is 2.44. The predicted molar refractivity (Wildman–Crippen MR) is 85.0 cm³/mol. The standard InChI is InChI=1S/C17H17N3O/c18-11-14-4-2-1-3-12(14)10-17(21)20-15-5-6-16-13(9-15)7-8-19-16/h1-9,19H,10-11,18H2,(H,20,21). The molecule has 0 bridgehead atoms. The number of carbonyl (C=O) groups excluding carboxylic acids is 1. The Labute approximate surface area is 123 Å². The molecule has 1 heterocycles. The van der Waals surface area contributed by atoms with Gasteiger partial charge in [0.1, 0.15) is 0 Å². The summed E-state index contributed by atoms with van der Waals surface area (Å²) >= 11 is 0. The number of nitrogens with one attached hydrogen (secondary N) is 2. The molecule has 106 valence electrons. The first-order valence-electron chi connectivity index (χ1n) is 6.90. The number of benzene rings is 2. The maximum Gasteiger partial charge on any atom is 0.228 e. The fourth-order valence-corrected chi connectivity index (χ4v) is 2.44. The highest BCUT2D eigenvalue weighted by molar-refractivity contribution is 5.95. The highest BCUT2D eigenvalue weighted by atomic mass is 16.1. The smallest absolute Gasteiger partial charge is 0.228 e. The van der Waals surface area contributed by atoms with Crippen molar-refractivity contribution < 1.29 is 4.79 Å². The van der Waals surface area contributed by atoms with Gasteiger partial charge in [-0.25, -0.2) is 0 Å². The Bertz CT molecular complexity index is 776. The number of hydrogen-bond donors (Lipinski definition) is 3. The van der Waals surface area contributed by atoms with Crippen LogP contribution in [-0.2, 0) is 17.8 Å². The van der Waals surface area contributed by atoms with Gasteiger partial charge in [-0.15, -0.1) is 0 Å². The summed E-state index contributed by atoms with van der Waals surface area (Å²) in [6.45, 7) is 0.443. The first-order valence-corrected chi connectivity index (χ1v) is 6.90. The summed E-state index contributed by atoms with van der Waals surface area (Å²) in [7, 11) is 0. The average Bonchev–Trinajstić information content (AvgIpc) is 2.95. The van der Waals surface area contributed by atoms with E-state index < -0.39 is 0 Å². The van der Waals surface area contributed by atoms with Crippen molar-refractivity contribution in [2.75, 3.05) is 5.32 Å². The van der Waals surface area contributed by atoms with E-state index in [1.807, 2.05) is 54.7 Å². The van der Waals surface area contributed by atoms with Gasteiger partial charge in [-0.05, 0) is 35.4 Å². The summed E-state index contributed by atoms with van der Waals surface area (Å²) in [5, 5.41) is 4.01. The normalized spacial score (nSPS) is 10.7. The number of hydrogen-bond acceptors (Lipinski definition) is 2. The van der Waals surface area contributed by atoms with E-state index in [4.69, 9.17) is 5.73 Å². The third-order valence-corrected chi connectivity index (χ3v) is 3.53. The largest absolute Gasteiger partial charge is 0.361 e. The van der Waals surface area contributed by atoms with Crippen molar-refractivity contribution in [3.8, 4) is 0 Å². The van der Waals surface area contributed by atoms with Gasteiger partial charge in [0.05, 0.1) is 6.42 Å². The second-order valence-corrected chi connectivity index (χ2v) is 4.98. The van der Waals surface area contributed by atoms with Crippen LogP contribution < -0.4 is 11.1 Å².